The molecule has 1 aromatic carbocycles. The standard InChI is InChI=1S/C13H23N5/c1-4-15-13(17-14)16-11-7-9-12(10-8-11)18(5-2)6-3/h7-10H,4-6,14H2,1-3H3,(H2,15,16,17). The van der Waals surface area contributed by atoms with Gasteiger partial charge in [-0.1, -0.05) is 0 Å². The highest BCUT2D eigenvalue weighted by atomic mass is 15.3. The van der Waals surface area contributed by atoms with Crippen molar-refractivity contribution in [2.75, 3.05) is 29.9 Å². The predicted molar refractivity (Wildman–Crippen MR) is 78.9 cm³/mol. The molecule has 0 aromatic heterocycles. The van der Waals surface area contributed by atoms with E-state index < -0.39 is 0 Å². The van der Waals surface area contributed by atoms with Crippen LogP contribution in [0.3, 0.4) is 0 Å². The number of guanidine groups is 1. The van der Waals surface area contributed by atoms with Gasteiger partial charge in [0.25, 0.3) is 0 Å². The molecule has 0 fully saturated rings. The van der Waals surface area contributed by atoms with Crippen molar-refractivity contribution in [3.63, 3.8) is 0 Å². The van der Waals surface area contributed by atoms with Crippen LogP contribution in [0, 0.1) is 0 Å². The van der Waals surface area contributed by atoms with Gasteiger partial charge in [-0.15, -0.1) is 0 Å². The van der Waals surface area contributed by atoms with Crippen LogP contribution in [-0.4, -0.2) is 25.6 Å². The van der Waals surface area contributed by atoms with Crippen LogP contribution in [0.25, 0.3) is 0 Å². The number of nitrogens with one attached hydrogen (secondary N) is 2. The third-order valence-corrected chi connectivity index (χ3v) is 2.71. The smallest absolute Gasteiger partial charge is 0.210 e. The van der Waals surface area contributed by atoms with E-state index in [0.29, 0.717) is 12.5 Å². The van der Waals surface area contributed by atoms with E-state index in [1.807, 2.05) is 19.1 Å². The summed E-state index contributed by atoms with van der Waals surface area (Å²) in [6, 6.07) is 8.23. The maximum absolute atomic E-state index is 5.38. The fourth-order valence-corrected chi connectivity index (χ4v) is 1.76. The fraction of sp³-hybridized carbons (Fsp3) is 0.462. The topological polar surface area (TPSA) is 65.7 Å². The minimum atomic E-state index is 0.577. The average Bonchev–Trinajstić information content (AvgIpc) is 2.41. The Morgan fingerprint density at radius 1 is 1.17 bits per heavy atom. The Morgan fingerprint density at radius 2 is 1.78 bits per heavy atom. The number of rotatable bonds is 5. The van der Waals surface area contributed by atoms with Crippen LogP contribution in [0.1, 0.15) is 20.8 Å². The van der Waals surface area contributed by atoms with Crippen LogP contribution in [0.15, 0.2) is 29.3 Å². The lowest BCUT2D eigenvalue weighted by atomic mass is 10.2. The minimum absolute atomic E-state index is 0.577. The lowest BCUT2D eigenvalue weighted by molar-refractivity contribution is 0.866. The van der Waals surface area contributed by atoms with Gasteiger partial charge < -0.3 is 10.2 Å². The Bertz CT molecular complexity index is 367. The molecule has 0 radical (unpaired) electrons. The Balaban J connectivity index is 2.73. The van der Waals surface area contributed by atoms with Crippen molar-refractivity contribution in [3.8, 4) is 0 Å². The summed E-state index contributed by atoms with van der Waals surface area (Å²) in [7, 11) is 0. The number of aliphatic imine (C=N–C) groups is 1. The van der Waals surface area contributed by atoms with Gasteiger partial charge in [0, 0.05) is 31.0 Å². The Morgan fingerprint density at radius 3 is 2.22 bits per heavy atom. The van der Waals surface area contributed by atoms with Gasteiger partial charge >= 0.3 is 0 Å². The molecule has 0 saturated carbocycles. The Kier molecular flexibility index (Phi) is 6.00. The normalized spacial score (nSPS) is 11.2. The maximum atomic E-state index is 5.38. The number of anilines is 2. The van der Waals surface area contributed by atoms with E-state index in [1.165, 1.54) is 5.69 Å². The van der Waals surface area contributed by atoms with Crippen molar-refractivity contribution in [1.82, 2.24) is 5.43 Å². The van der Waals surface area contributed by atoms with E-state index in [9.17, 15) is 0 Å². The van der Waals surface area contributed by atoms with E-state index in [-0.39, 0.29) is 0 Å². The number of hydrogen-bond acceptors (Lipinski definition) is 3. The molecule has 0 aliphatic rings. The van der Waals surface area contributed by atoms with Gasteiger partial charge in [0.15, 0.2) is 0 Å². The molecule has 0 amide bonds. The SMILES string of the molecule is CCN=C(NN)Nc1ccc(N(CC)CC)cc1. The zero-order valence-corrected chi connectivity index (χ0v) is 11.4. The minimum Gasteiger partial charge on any atom is -0.372 e. The van der Waals surface area contributed by atoms with Crippen LogP contribution in [0.2, 0.25) is 0 Å². The first-order valence-electron chi connectivity index (χ1n) is 6.38. The second kappa shape index (κ2) is 7.55. The van der Waals surface area contributed by atoms with Crippen molar-refractivity contribution in [1.29, 1.82) is 0 Å². The zero-order valence-electron chi connectivity index (χ0n) is 11.4. The number of hydrogen-bond donors (Lipinski definition) is 3. The molecule has 0 aliphatic carbocycles. The molecule has 0 aliphatic heterocycles. The number of benzene rings is 1. The zero-order chi connectivity index (χ0) is 13.4. The molecule has 5 nitrogen and oxygen atoms in total. The Labute approximate surface area is 109 Å². The monoisotopic (exact) mass is 249 g/mol. The van der Waals surface area contributed by atoms with Gasteiger partial charge in [0.05, 0.1) is 0 Å². The summed E-state index contributed by atoms with van der Waals surface area (Å²) in [5, 5.41) is 3.13. The summed E-state index contributed by atoms with van der Waals surface area (Å²) >= 11 is 0. The van der Waals surface area contributed by atoms with Gasteiger partial charge in [-0.05, 0) is 45.0 Å². The average molecular weight is 249 g/mol. The van der Waals surface area contributed by atoms with Gasteiger partial charge in [0.1, 0.15) is 0 Å². The molecule has 0 atom stereocenters. The second-order valence-corrected chi connectivity index (χ2v) is 3.81. The van der Waals surface area contributed by atoms with Gasteiger partial charge in [-0.2, -0.15) is 0 Å². The molecule has 18 heavy (non-hydrogen) atoms. The molecule has 100 valence electrons. The quantitative estimate of drug-likeness (QED) is 0.322. The molecular weight excluding hydrogens is 226 g/mol. The lowest BCUT2D eigenvalue weighted by Crippen LogP contribution is -2.36. The van der Waals surface area contributed by atoms with Crippen LogP contribution >= 0.6 is 0 Å². The molecule has 1 rings (SSSR count). The van der Waals surface area contributed by atoms with Gasteiger partial charge in [-0.25, -0.2) is 5.84 Å². The van der Waals surface area contributed by atoms with Crippen molar-refractivity contribution in [3.05, 3.63) is 24.3 Å². The van der Waals surface area contributed by atoms with Crippen LogP contribution < -0.4 is 21.5 Å². The first-order valence-corrected chi connectivity index (χ1v) is 6.38. The highest BCUT2D eigenvalue weighted by Gasteiger charge is 2.02. The summed E-state index contributed by atoms with van der Waals surface area (Å²) in [6.07, 6.45) is 0. The van der Waals surface area contributed by atoms with Crippen LogP contribution in [-0.2, 0) is 0 Å². The molecule has 0 unspecified atom stereocenters. The van der Waals surface area contributed by atoms with Crippen molar-refractivity contribution < 1.29 is 0 Å². The van der Waals surface area contributed by atoms with E-state index >= 15 is 0 Å². The summed E-state index contributed by atoms with van der Waals surface area (Å²) in [6.45, 7) is 8.97. The summed E-state index contributed by atoms with van der Waals surface area (Å²) < 4.78 is 0. The van der Waals surface area contributed by atoms with E-state index in [4.69, 9.17) is 5.84 Å². The highest BCUT2D eigenvalue weighted by Crippen LogP contribution is 2.17. The second-order valence-electron chi connectivity index (χ2n) is 3.81. The van der Waals surface area contributed by atoms with Gasteiger partial charge in [-0.3, -0.25) is 10.4 Å². The molecule has 1 aromatic rings. The number of nitrogens with two attached hydrogens (primary N) is 1. The first kappa shape index (κ1) is 14.3. The highest BCUT2D eigenvalue weighted by molar-refractivity contribution is 5.93. The Hall–Kier alpha value is -1.75. The summed E-state index contributed by atoms with van der Waals surface area (Å²) in [5.41, 5.74) is 4.73. The molecular formula is C13H23N5. The molecule has 4 N–H and O–H groups in total. The van der Waals surface area contributed by atoms with E-state index in [2.05, 4.69) is 46.6 Å². The lowest BCUT2D eigenvalue weighted by Gasteiger charge is -2.21. The van der Waals surface area contributed by atoms with Crippen LogP contribution in [0.4, 0.5) is 11.4 Å². The summed E-state index contributed by atoms with van der Waals surface area (Å²) in [5.74, 6) is 5.95. The molecule has 0 bridgehead atoms. The van der Waals surface area contributed by atoms with Crippen molar-refractivity contribution in [2.45, 2.75) is 20.8 Å². The van der Waals surface area contributed by atoms with Gasteiger partial charge in [0.2, 0.25) is 5.96 Å². The third kappa shape index (κ3) is 3.92. The maximum Gasteiger partial charge on any atom is 0.210 e. The van der Waals surface area contributed by atoms with E-state index in [1.54, 1.807) is 0 Å². The number of nitrogens with zero attached hydrogens (tertiary/aromatic N) is 2. The third-order valence-electron chi connectivity index (χ3n) is 2.71. The fourth-order valence-electron chi connectivity index (χ4n) is 1.76. The van der Waals surface area contributed by atoms with Crippen molar-refractivity contribution in [2.24, 2.45) is 10.8 Å². The number of hydrazine groups is 1. The largest absolute Gasteiger partial charge is 0.372 e. The summed E-state index contributed by atoms with van der Waals surface area (Å²) in [4.78, 5) is 6.48. The molecule has 5 heteroatoms. The molecule has 0 spiro atoms. The van der Waals surface area contributed by atoms with E-state index in [0.717, 1.165) is 18.8 Å². The van der Waals surface area contributed by atoms with Crippen LogP contribution in [0.5, 0.6) is 0 Å². The first-order chi connectivity index (χ1) is 8.74. The molecule has 0 heterocycles. The van der Waals surface area contributed by atoms with Crippen molar-refractivity contribution >= 4 is 17.3 Å². The predicted octanol–water partition coefficient (Wildman–Crippen LogP) is 1.78. The molecule has 0 saturated heterocycles.